The molecule has 0 saturated carbocycles. The molecule has 0 bridgehead atoms. The number of anilines is 3. The molecule has 4 heterocycles. The molecule has 1 aliphatic heterocycles. The van der Waals surface area contributed by atoms with Crippen LogP contribution >= 0.6 is 11.6 Å². The second-order valence-corrected chi connectivity index (χ2v) is 7.20. The number of morpholine rings is 1. The molecule has 1 aliphatic rings. The topological polar surface area (TPSA) is 96.8 Å². The van der Waals surface area contributed by atoms with E-state index >= 15 is 0 Å². The van der Waals surface area contributed by atoms with E-state index < -0.39 is 0 Å². The Morgan fingerprint density at radius 1 is 1.07 bits per heavy atom. The number of aromatic nitrogens is 6. The molecule has 5 rings (SSSR count). The number of hydrogen-bond acceptors (Lipinski definition) is 7. The van der Waals surface area contributed by atoms with Gasteiger partial charge in [0.2, 0.25) is 5.95 Å². The summed E-state index contributed by atoms with van der Waals surface area (Å²) in [5.74, 6) is 1.41. The Hall–Kier alpha value is -3.43. The lowest BCUT2D eigenvalue weighted by molar-refractivity contribution is 0.122. The third-order valence-corrected chi connectivity index (χ3v) is 5.14. The van der Waals surface area contributed by atoms with Crippen LogP contribution in [0, 0.1) is 0 Å². The number of nitrogens with one attached hydrogen (secondary N) is 2. The fraction of sp³-hybridized carbons (Fsp3) is 0.200. The lowest BCUT2D eigenvalue weighted by Gasteiger charge is -2.25. The van der Waals surface area contributed by atoms with Gasteiger partial charge in [0.25, 0.3) is 0 Å². The highest BCUT2D eigenvalue weighted by Gasteiger charge is 2.15. The number of pyridine rings is 1. The van der Waals surface area contributed by atoms with E-state index in [0.717, 1.165) is 41.5 Å². The molecule has 1 fully saturated rings. The smallest absolute Gasteiger partial charge is 0.245 e. The van der Waals surface area contributed by atoms with E-state index in [4.69, 9.17) is 16.3 Å². The summed E-state index contributed by atoms with van der Waals surface area (Å²) in [4.78, 5) is 10.9. The molecule has 152 valence electrons. The Morgan fingerprint density at radius 3 is 2.67 bits per heavy atom. The molecule has 4 aromatic rings. The SMILES string of the molecule is Clc1cnc(Nc2ccc(-n3cnc(N4CCOCC4)n3)cc2)cc1-c1cn[nH]c1. The minimum atomic E-state index is 0.569. The average molecular weight is 423 g/mol. The monoisotopic (exact) mass is 422 g/mol. The Bertz CT molecular complexity index is 1120. The largest absolute Gasteiger partial charge is 0.378 e. The number of rotatable bonds is 5. The number of benzene rings is 1. The van der Waals surface area contributed by atoms with Crippen LogP contribution < -0.4 is 10.2 Å². The fourth-order valence-corrected chi connectivity index (χ4v) is 3.47. The molecule has 30 heavy (non-hydrogen) atoms. The molecule has 9 nitrogen and oxygen atoms in total. The number of hydrogen-bond donors (Lipinski definition) is 2. The molecule has 1 saturated heterocycles. The van der Waals surface area contributed by atoms with Crippen molar-refractivity contribution in [3.05, 3.63) is 60.3 Å². The highest BCUT2D eigenvalue weighted by molar-refractivity contribution is 6.33. The summed E-state index contributed by atoms with van der Waals surface area (Å²) in [6.07, 6.45) is 6.88. The average Bonchev–Trinajstić information content (AvgIpc) is 3.49. The number of H-pyrrole nitrogens is 1. The number of aromatic amines is 1. The van der Waals surface area contributed by atoms with Gasteiger partial charge in [0, 0.05) is 42.3 Å². The summed E-state index contributed by atoms with van der Waals surface area (Å²) in [6.45, 7) is 3.02. The molecule has 1 aromatic carbocycles. The van der Waals surface area contributed by atoms with Crippen molar-refractivity contribution in [2.45, 2.75) is 0 Å². The molecule has 0 aliphatic carbocycles. The number of halogens is 1. The molecular formula is C20H19ClN8O. The first kappa shape index (κ1) is 18.6. The van der Waals surface area contributed by atoms with Gasteiger partial charge in [0.05, 0.1) is 30.1 Å². The lowest BCUT2D eigenvalue weighted by Crippen LogP contribution is -2.37. The van der Waals surface area contributed by atoms with Crippen LogP contribution in [0.25, 0.3) is 16.8 Å². The molecule has 0 spiro atoms. The third-order valence-electron chi connectivity index (χ3n) is 4.84. The molecule has 0 radical (unpaired) electrons. The molecule has 10 heteroatoms. The van der Waals surface area contributed by atoms with Gasteiger partial charge in [0.1, 0.15) is 12.1 Å². The summed E-state index contributed by atoms with van der Waals surface area (Å²) in [7, 11) is 0. The summed E-state index contributed by atoms with van der Waals surface area (Å²) in [6, 6.07) is 9.80. The number of nitrogens with zero attached hydrogens (tertiary/aromatic N) is 6. The summed E-state index contributed by atoms with van der Waals surface area (Å²) < 4.78 is 7.15. The van der Waals surface area contributed by atoms with Crippen molar-refractivity contribution < 1.29 is 4.74 Å². The maximum absolute atomic E-state index is 6.28. The number of ether oxygens (including phenoxy) is 1. The van der Waals surface area contributed by atoms with E-state index in [1.165, 1.54) is 0 Å². The standard InChI is InChI=1S/C20H19ClN8O/c21-18-12-22-19(9-17(18)14-10-24-25-11-14)26-15-1-3-16(4-2-15)29-13-23-20(27-29)28-5-7-30-8-6-28/h1-4,9-13H,5-8H2,(H,22,26)(H,24,25). The van der Waals surface area contributed by atoms with E-state index in [1.54, 1.807) is 29.6 Å². The van der Waals surface area contributed by atoms with Crippen molar-refractivity contribution in [3.63, 3.8) is 0 Å². The first-order chi connectivity index (χ1) is 14.8. The molecule has 0 amide bonds. The van der Waals surface area contributed by atoms with Crippen LogP contribution in [0.5, 0.6) is 0 Å². The van der Waals surface area contributed by atoms with Gasteiger partial charge in [-0.3, -0.25) is 5.10 Å². The van der Waals surface area contributed by atoms with Crippen molar-refractivity contribution in [2.24, 2.45) is 0 Å². The zero-order valence-electron chi connectivity index (χ0n) is 16.0. The first-order valence-corrected chi connectivity index (χ1v) is 9.90. The maximum atomic E-state index is 6.28. The van der Waals surface area contributed by atoms with Gasteiger partial charge in [-0.25, -0.2) is 9.67 Å². The van der Waals surface area contributed by atoms with Crippen LogP contribution in [0.3, 0.4) is 0 Å². The Morgan fingerprint density at radius 2 is 1.90 bits per heavy atom. The van der Waals surface area contributed by atoms with E-state index in [-0.39, 0.29) is 0 Å². The van der Waals surface area contributed by atoms with Gasteiger partial charge in [-0.05, 0) is 30.3 Å². The van der Waals surface area contributed by atoms with Crippen LogP contribution in [0.4, 0.5) is 17.5 Å². The Kier molecular flexibility index (Phi) is 5.04. The molecule has 0 atom stereocenters. The molecule has 0 unspecified atom stereocenters. The van der Waals surface area contributed by atoms with Crippen LogP contribution in [0.1, 0.15) is 0 Å². The maximum Gasteiger partial charge on any atom is 0.245 e. The van der Waals surface area contributed by atoms with Crippen molar-refractivity contribution in [1.82, 2.24) is 29.9 Å². The van der Waals surface area contributed by atoms with Crippen molar-refractivity contribution in [3.8, 4) is 16.8 Å². The normalized spacial score (nSPS) is 14.1. The molecule has 2 N–H and O–H groups in total. The highest BCUT2D eigenvalue weighted by atomic mass is 35.5. The lowest BCUT2D eigenvalue weighted by atomic mass is 10.1. The minimum absolute atomic E-state index is 0.569. The predicted octanol–water partition coefficient (Wildman–Crippen LogP) is 3.29. The van der Waals surface area contributed by atoms with Gasteiger partial charge >= 0.3 is 0 Å². The third kappa shape index (κ3) is 3.85. The second kappa shape index (κ2) is 8.13. The van der Waals surface area contributed by atoms with E-state index in [9.17, 15) is 0 Å². The summed E-state index contributed by atoms with van der Waals surface area (Å²) >= 11 is 6.28. The van der Waals surface area contributed by atoms with Crippen LogP contribution in [-0.4, -0.2) is 56.2 Å². The second-order valence-electron chi connectivity index (χ2n) is 6.80. The van der Waals surface area contributed by atoms with Crippen LogP contribution in [0.2, 0.25) is 5.02 Å². The van der Waals surface area contributed by atoms with E-state index in [1.807, 2.05) is 30.3 Å². The molecule has 3 aromatic heterocycles. The highest BCUT2D eigenvalue weighted by Crippen LogP contribution is 2.29. The fourth-order valence-electron chi connectivity index (χ4n) is 3.26. The zero-order valence-corrected chi connectivity index (χ0v) is 16.8. The van der Waals surface area contributed by atoms with Crippen molar-refractivity contribution in [1.29, 1.82) is 0 Å². The Labute approximate surface area is 177 Å². The Balaban J connectivity index is 1.31. The summed E-state index contributed by atoms with van der Waals surface area (Å²) in [5.41, 5.74) is 3.59. The first-order valence-electron chi connectivity index (χ1n) is 9.53. The quantitative estimate of drug-likeness (QED) is 0.509. The zero-order chi connectivity index (χ0) is 20.3. The minimum Gasteiger partial charge on any atom is -0.378 e. The van der Waals surface area contributed by atoms with Gasteiger partial charge in [0.15, 0.2) is 0 Å². The molecular weight excluding hydrogens is 404 g/mol. The van der Waals surface area contributed by atoms with Crippen LogP contribution in [0.15, 0.2) is 55.2 Å². The summed E-state index contributed by atoms with van der Waals surface area (Å²) in [5, 5.41) is 15.2. The van der Waals surface area contributed by atoms with Crippen LogP contribution in [-0.2, 0) is 4.74 Å². The van der Waals surface area contributed by atoms with Gasteiger partial charge < -0.3 is 15.0 Å². The van der Waals surface area contributed by atoms with E-state index in [2.05, 4.69) is 35.5 Å². The van der Waals surface area contributed by atoms with Gasteiger partial charge in [-0.2, -0.15) is 10.1 Å². The van der Waals surface area contributed by atoms with Gasteiger partial charge in [-0.15, -0.1) is 5.10 Å². The van der Waals surface area contributed by atoms with Crippen molar-refractivity contribution in [2.75, 3.05) is 36.5 Å². The predicted molar refractivity (Wildman–Crippen MR) is 115 cm³/mol. The van der Waals surface area contributed by atoms with Crippen molar-refractivity contribution >= 4 is 29.1 Å². The van der Waals surface area contributed by atoms with E-state index in [0.29, 0.717) is 24.1 Å². The van der Waals surface area contributed by atoms with Gasteiger partial charge in [-0.1, -0.05) is 11.6 Å².